The first-order valence-corrected chi connectivity index (χ1v) is 9.36. The molecule has 1 aliphatic rings. The number of morpholine rings is 1. The summed E-state index contributed by atoms with van der Waals surface area (Å²) in [7, 11) is 0. The van der Waals surface area contributed by atoms with Crippen LogP contribution in [0.25, 0.3) is 21.8 Å². The van der Waals surface area contributed by atoms with E-state index in [1.54, 1.807) is 42.5 Å². The van der Waals surface area contributed by atoms with Gasteiger partial charge >= 0.3 is 0 Å². The zero-order chi connectivity index (χ0) is 19.9. The maximum atomic E-state index is 13.2. The molecule has 0 aliphatic carbocycles. The molecule has 0 saturated carbocycles. The van der Waals surface area contributed by atoms with Gasteiger partial charge in [-0.25, -0.2) is 0 Å². The molecule has 3 aromatic rings. The lowest BCUT2D eigenvalue weighted by atomic mass is 9.90. The van der Waals surface area contributed by atoms with Crippen molar-refractivity contribution in [1.29, 1.82) is 0 Å². The number of rotatable bonds is 3. The Hall–Kier alpha value is -2.83. The number of ketones is 1. The van der Waals surface area contributed by atoms with Gasteiger partial charge in [-0.1, -0.05) is 12.1 Å². The topological polar surface area (TPSA) is 79.5 Å². The molecule has 2 heterocycles. The molecule has 2 aromatic carbocycles. The molecule has 1 aromatic heterocycles. The maximum Gasteiger partial charge on any atom is 0.235 e. The first-order chi connectivity index (χ1) is 13.4. The molecule has 6 heteroatoms. The van der Waals surface area contributed by atoms with Crippen molar-refractivity contribution in [1.82, 2.24) is 9.88 Å². The molecule has 0 unspecified atom stereocenters. The molecule has 4 rings (SSSR count). The van der Waals surface area contributed by atoms with Gasteiger partial charge < -0.3 is 9.72 Å². The summed E-state index contributed by atoms with van der Waals surface area (Å²) in [6.07, 6.45) is 0. The van der Waals surface area contributed by atoms with Gasteiger partial charge in [-0.3, -0.25) is 19.3 Å². The fourth-order valence-corrected chi connectivity index (χ4v) is 3.78. The predicted molar refractivity (Wildman–Crippen MR) is 109 cm³/mol. The number of aromatic nitrogens is 1. The van der Waals surface area contributed by atoms with Crippen molar-refractivity contribution in [2.24, 2.45) is 0 Å². The van der Waals surface area contributed by atoms with Crippen LogP contribution < -0.4 is 10.9 Å². The number of hydrogen-bond donors (Lipinski definition) is 1. The third-order valence-electron chi connectivity index (χ3n) is 5.53. The summed E-state index contributed by atoms with van der Waals surface area (Å²) in [5, 5.41) is 0.565. The number of Topliss-reactive ketones (excluding diaryl/α,β-unsaturated/α-hetero) is 1. The van der Waals surface area contributed by atoms with Crippen molar-refractivity contribution in [3.8, 4) is 0 Å². The second-order valence-electron chi connectivity index (χ2n) is 7.58. The van der Waals surface area contributed by atoms with E-state index in [0.29, 0.717) is 48.3 Å². The Morgan fingerprint density at radius 2 is 1.61 bits per heavy atom. The van der Waals surface area contributed by atoms with E-state index in [-0.39, 0.29) is 11.2 Å². The molecule has 0 radical (unpaired) electrons. The number of carbonyl (C=O) groups excluding carboxylic acids is 1. The lowest BCUT2D eigenvalue weighted by Gasteiger charge is -2.39. The number of fused-ring (bicyclic) bond motifs is 2. The van der Waals surface area contributed by atoms with E-state index in [1.807, 2.05) is 13.8 Å². The number of H-pyrrole nitrogens is 1. The summed E-state index contributed by atoms with van der Waals surface area (Å²) < 4.78 is 5.38. The maximum absolute atomic E-state index is 13.2. The van der Waals surface area contributed by atoms with Gasteiger partial charge in [0.15, 0.2) is 5.78 Å². The normalized spacial score (nSPS) is 15.8. The first-order valence-electron chi connectivity index (χ1n) is 9.36. The van der Waals surface area contributed by atoms with Gasteiger partial charge in [0.2, 0.25) is 10.9 Å². The van der Waals surface area contributed by atoms with Gasteiger partial charge in [0.1, 0.15) is 0 Å². The lowest BCUT2D eigenvalue weighted by Crippen LogP contribution is -2.54. The highest BCUT2D eigenvalue weighted by atomic mass is 16.5. The van der Waals surface area contributed by atoms with Gasteiger partial charge in [0, 0.05) is 35.1 Å². The Morgan fingerprint density at radius 1 is 0.964 bits per heavy atom. The van der Waals surface area contributed by atoms with Crippen LogP contribution in [-0.2, 0) is 4.74 Å². The third-order valence-corrected chi connectivity index (χ3v) is 5.53. The minimum absolute atomic E-state index is 0.0841. The van der Waals surface area contributed by atoms with Crippen molar-refractivity contribution >= 4 is 27.6 Å². The molecule has 0 spiro atoms. The van der Waals surface area contributed by atoms with Crippen LogP contribution in [0, 0.1) is 0 Å². The Morgan fingerprint density at radius 3 is 2.36 bits per heavy atom. The van der Waals surface area contributed by atoms with E-state index in [1.165, 1.54) is 0 Å². The van der Waals surface area contributed by atoms with Crippen LogP contribution in [0.5, 0.6) is 0 Å². The lowest BCUT2D eigenvalue weighted by molar-refractivity contribution is -0.00429. The van der Waals surface area contributed by atoms with Crippen LogP contribution in [0.15, 0.2) is 52.1 Å². The van der Waals surface area contributed by atoms with Crippen LogP contribution in [0.4, 0.5) is 0 Å². The van der Waals surface area contributed by atoms with Gasteiger partial charge in [0.05, 0.1) is 24.1 Å². The average molecular weight is 378 g/mol. The van der Waals surface area contributed by atoms with E-state index < -0.39 is 16.4 Å². The van der Waals surface area contributed by atoms with E-state index in [2.05, 4.69) is 9.88 Å². The van der Waals surface area contributed by atoms with Crippen molar-refractivity contribution < 1.29 is 9.53 Å². The molecular weight excluding hydrogens is 356 g/mol. The fraction of sp³-hybridized carbons (Fsp3) is 0.318. The van der Waals surface area contributed by atoms with Crippen LogP contribution >= 0.6 is 0 Å². The van der Waals surface area contributed by atoms with Crippen molar-refractivity contribution in [2.75, 3.05) is 26.3 Å². The van der Waals surface area contributed by atoms with Crippen LogP contribution in [-0.4, -0.2) is 47.5 Å². The van der Waals surface area contributed by atoms with E-state index in [9.17, 15) is 14.4 Å². The Labute approximate surface area is 161 Å². The molecule has 1 fully saturated rings. The van der Waals surface area contributed by atoms with Gasteiger partial charge in [-0.05, 0) is 44.2 Å². The highest BCUT2D eigenvalue weighted by Gasteiger charge is 2.36. The molecule has 1 N–H and O–H groups in total. The van der Waals surface area contributed by atoms with Crippen LogP contribution in [0.1, 0.15) is 24.2 Å². The molecule has 0 atom stereocenters. The zero-order valence-electron chi connectivity index (χ0n) is 16.0. The summed E-state index contributed by atoms with van der Waals surface area (Å²) in [6.45, 7) is 6.31. The second kappa shape index (κ2) is 6.96. The second-order valence-corrected chi connectivity index (χ2v) is 7.58. The summed E-state index contributed by atoms with van der Waals surface area (Å²) >= 11 is 0. The Kier molecular flexibility index (Phi) is 4.61. The molecule has 1 aliphatic heterocycles. The smallest absolute Gasteiger partial charge is 0.235 e. The number of hydrogen-bond acceptors (Lipinski definition) is 5. The fourth-order valence-electron chi connectivity index (χ4n) is 3.78. The number of nitrogens with one attached hydrogen (secondary N) is 1. The molecule has 1 saturated heterocycles. The average Bonchev–Trinajstić information content (AvgIpc) is 2.83. The van der Waals surface area contributed by atoms with E-state index >= 15 is 0 Å². The first kappa shape index (κ1) is 18.5. The molecule has 144 valence electrons. The summed E-state index contributed by atoms with van der Waals surface area (Å²) in [5.41, 5.74) is -0.364. The number of aromatic amines is 1. The number of benzene rings is 2. The Balaban J connectivity index is 1.87. The van der Waals surface area contributed by atoms with Gasteiger partial charge in [-0.15, -0.1) is 0 Å². The minimum Gasteiger partial charge on any atom is -0.379 e. The van der Waals surface area contributed by atoms with Crippen molar-refractivity contribution in [3.05, 3.63) is 68.5 Å². The van der Waals surface area contributed by atoms with Crippen LogP contribution in [0.3, 0.4) is 0 Å². The molecule has 28 heavy (non-hydrogen) atoms. The number of para-hydroxylation sites is 1. The largest absolute Gasteiger partial charge is 0.379 e. The number of nitrogens with zero attached hydrogens (tertiary/aromatic N) is 1. The van der Waals surface area contributed by atoms with Gasteiger partial charge in [0.25, 0.3) is 0 Å². The molecular formula is C22H22N2O4. The van der Waals surface area contributed by atoms with E-state index in [4.69, 9.17) is 4.74 Å². The minimum atomic E-state index is -0.730. The van der Waals surface area contributed by atoms with Gasteiger partial charge in [-0.2, -0.15) is 0 Å². The molecule has 0 amide bonds. The summed E-state index contributed by atoms with van der Waals surface area (Å²) in [6, 6.07) is 11.9. The third kappa shape index (κ3) is 3.04. The predicted octanol–water partition coefficient (Wildman–Crippen LogP) is 2.33. The summed E-state index contributed by atoms with van der Waals surface area (Å²) in [5.74, 6) is -0.0841. The summed E-state index contributed by atoms with van der Waals surface area (Å²) in [4.78, 5) is 43.9. The van der Waals surface area contributed by atoms with Crippen molar-refractivity contribution in [2.45, 2.75) is 19.4 Å². The highest BCUT2D eigenvalue weighted by molar-refractivity contribution is 6.05. The van der Waals surface area contributed by atoms with Crippen molar-refractivity contribution in [3.63, 3.8) is 0 Å². The van der Waals surface area contributed by atoms with E-state index in [0.717, 1.165) is 0 Å². The monoisotopic (exact) mass is 378 g/mol. The van der Waals surface area contributed by atoms with Crippen LogP contribution in [0.2, 0.25) is 0 Å². The standard InChI is InChI=1S/C22H22N2O4/c1-22(2,24-9-11-28-12-10-24)21(27)14-7-8-18-16(13-14)20(26)19(25)15-5-3-4-6-17(15)23-18/h3-8,13,23H,9-12H2,1-2H3. The quantitative estimate of drug-likeness (QED) is 0.559. The molecule has 6 nitrogen and oxygen atoms in total. The zero-order valence-corrected chi connectivity index (χ0v) is 16.0. The molecule has 0 bridgehead atoms. The Bertz CT molecular complexity index is 1190. The number of ether oxygens (including phenoxy) is 1. The highest BCUT2D eigenvalue weighted by Crippen LogP contribution is 2.23. The SMILES string of the molecule is CC(C)(C(=O)c1ccc2[nH]c3ccccc3c(=O)c(=O)c2c1)N1CCOCC1. The number of carbonyl (C=O) groups is 1.